The van der Waals surface area contributed by atoms with Gasteiger partial charge in [-0.25, -0.2) is 9.18 Å². The summed E-state index contributed by atoms with van der Waals surface area (Å²) in [6.07, 6.45) is 0.741. The number of anilines is 1. The second-order valence-corrected chi connectivity index (χ2v) is 7.22. The molecule has 8 nitrogen and oxygen atoms in total. The molecule has 2 aromatic rings. The van der Waals surface area contributed by atoms with Gasteiger partial charge in [0, 0.05) is 12.1 Å². The lowest BCUT2D eigenvalue weighted by Crippen LogP contribution is -2.42. The average molecular weight is 413 g/mol. The van der Waals surface area contributed by atoms with Gasteiger partial charge in [0.1, 0.15) is 17.9 Å². The van der Waals surface area contributed by atoms with Crippen molar-refractivity contribution in [2.45, 2.75) is 18.9 Å². The third-order valence-electron chi connectivity index (χ3n) is 5.01. The SMILES string of the molecule is CC1(c2ccc3c(c2)OCCCO3)NC(=O)N(CC(=O)Nc2cccc(F)c2)C1=O. The van der Waals surface area contributed by atoms with E-state index in [1.165, 1.54) is 18.2 Å². The Labute approximate surface area is 171 Å². The van der Waals surface area contributed by atoms with Crippen molar-refractivity contribution < 1.29 is 28.2 Å². The van der Waals surface area contributed by atoms with E-state index in [1.54, 1.807) is 25.1 Å². The maximum absolute atomic E-state index is 13.3. The molecule has 156 valence electrons. The second kappa shape index (κ2) is 7.66. The fourth-order valence-corrected chi connectivity index (χ4v) is 3.42. The molecule has 1 unspecified atom stereocenters. The first-order valence-corrected chi connectivity index (χ1v) is 9.46. The third kappa shape index (κ3) is 3.66. The summed E-state index contributed by atoms with van der Waals surface area (Å²) in [5.41, 5.74) is -0.614. The van der Waals surface area contributed by atoms with Crippen LogP contribution in [-0.4, -0.2) is 42.5 Å². The van der Waals surface area contributed by atoms with E-state index in [0.717, 1.165) is 17.4 Å². The summed E-state index contributed by atoms with van der Waals surface area (Å²) in [7, 11) is 0. The van der Waals surface area contributed by atoms with E-state index < -0.39 is 35.7 Å². The number of urea groups is 1. The first-order chi connectivity index (χ1) is 14.4. The van der Waals surface area contributed by atoms with Gasteiger partial charge in [-0.05, 0) is 42.8 Å². The number of nitrogens with zero attached hydrogens (tertiary/aromatic N) is 1. The first-order valence-electron chi connectivity index (χ1n) is 9.46. The normalized spacial score (nSPS) is 20.5. The van der Waals surface area contributed by atoms with E-state index in [2.05, 4.69) is 10.6 Å². The Morgan fingerprint density at radius 2 is 1.93 bits per heavy atom. The van der Waals surface area contributed by atoms with E-state index in [-0.39, 0.29) is 5.69 Å². The van der Waals surface area contributed by atoms with Crippen LogP contribution in [0.4, 0.5) is 14.9 Å². The van der Waals surface area contributed by atoms with Crippen molar-refractivity contribution in [1.29, 1.82) is 0 Å². The number of ether oxygens (including phenoxy) is 2. The lowest BCUT2D eigenvalue weighted by atomic mass is 9.91. The Bertz CT molecular complexity index is 1030. The highest BCUT2D eigenvalue weighted by molar-refractivity contribution is 6.10. The Kier molecular flexibility index (Phi) is 5.03. The number of fused-ring (bicyclic) bond motifs is 1. The summed E-state index contributed by atoms with van der Waals surface area (Å²) < 4.78 is 24.5. The summed E-state index contributed by atoms with van der Waals surface area (Å²) in [6.45, 7) is 2.09. The Morgan fingerprint density at radius 1 is 1.17 bits per heavy atom. The molecule has 2 heterocycles. The molecular formula is C21H20FN3O5. The average Bonchev–Trinajstić information content (AvgIpc) is 2.88. The zero-order valence-corrected chi connectivity index (χ0v) is 16.2. The highest BCUT2D eigenvalue weighted by Crippen LogP contribution is 2.36. The number of rotatable bonds is 4. The predicted octanol–water partition coefficient (Wildman–Crippen LogP) is 2.39. The second-order valence-electron chi connectivity index (χ2n) is 7.22. The van der Waals surface area contributed by atoms with Crippen molar-refractivity contribution in [3.05, 3.63) is 53.8 Å². The molecule has 0 aromatic heterocycles. The van der Waals surface area contributed by atoms with Gasteiger partial charge in [0.2, 0.25) is 5.91 Å². The van der Waals surface area contributed by atoms with Crippen LogP contribution >= 0.6 is 0 Å². The van der Waals surface area contributed by atoms with Gasteiger partial charge in [0.15, 0.2) is 11.5 Å². The van der Waals surface area contributed by atoms with Crippen LogP contribution in [0.5, 0.6) is 11.5 Å². The predicted molar refractivity (Wildman–Crippen MR) is 105 cm³/mol. The zero-order chi connectivity index (χ0) is 21.3. The Morgan fingerprint density at radius 3 is 2.70 bits per heavy atom. The third-order valence-corrected chi connectivity index (χ3v) is 5.01. The molecule has 2 aromatic carbocycles. The monoisotopic (exact) mass is 413 g/mol. The molecule has 0 spiro atoms. The topological polar surface area (TPSA) is 97.0 Å². The number of nitrogens with one attached hydrogen (secondary N) is 2. The maximum Gasteiger partial charge on any atom is 0.325 e. The first kappa shape index (κ1) is 19.7. The molecule has 2 N–H and O–H groups in total. The number of imide groups is 1. The van der Waals surface area contributed by atoms with E-state index in [9.17, 15) is 18.8 Å². The quantitative estimate of drug-likeness (QED) is 0.751. The van der Waals surface area contributed by atoms with Crippen molar-refractivity contribution in [2.24, 2.45) is 0 Å². The van der Waals surface area contributed by atoms with E-state index in [4.69, 9.17) is 9.47 Å². The van der Waals surface area contributed by atoms with Gasteiger partial charge in [-0.15, -0.1) is 0 Å². The summed E-state index contributed by atoms with van der Waals surface area (Å²) in [4.78, 5) is 38.6. The van der Waals surface area contributed by atoms with Crippen LogP contribution in [0.15, 0.2) is 42.5 Å². The van der Waals surface area contributed by atoms with Crippen LogP contribution in [0, 0.1) is 5.82 Å². The van der Waals surface area contributed by atoms with Crippen molar-refractivity contribution in [3.8, 4) is 11.5 Å². The van der Waals surface area contributed by atoms with E-state index in [1.807, 2.05) is 0 Å². The molecule has 2 aliphatic rings. The van der Waals surface area contributed by atoms with Crippen LogP contribution < -0.4 is 20.1 Å². The largest absolute Gasteiger partial charge is 0.490 e. The summed E-state index contributed by atoms with van der Waals surface area (Å²) in [5, 5.41) is 5.12. The maximum atomic E-state index is 13.3. The molecule has 2 aliphatic heterocycles. The number of carbonyl (C=O) groups excluding carboxylic acids is 3. The number of amides is 4. The van der Waals surface area contributed by atoms with E-state index >= 15 is 0 Å². The lowest BCUT2D eigenvalue weighted by Gasteiger charge is -2.23. The minimum atomic E-state index is -1.36. The van der Waals surface area contributed by atoms with Gasteiger partial charge in [0.05, 0.1) is 13.2 Å². The molecule has 4 rings (SSSR count). The Balaban J connectivity index is 1.51. The molecule has 0 aliphatic carbocycles. The van der Waals surface area contributed by atoms with Gasteiger partial charge in [-0.2, -0.15) is 0 Å². The number of hydrogen-bond acceptors (Lipinski definition) is 5. The number of hydrogen-bond donors (Lipinski definition) is 2. The standard InChI is InChI=1S/C21H20FN3O5/c1-21(13-6-7-16-17(10-13)30-9-3-8-29-16)19(27)25(20(28)24-21)12-18(26)23-15-5-2-4-14(22)11-15/h2,4-7,10-11H,3,8-9,12H2,1H3,(H,23,26)(H,24,28). The molecule has 4 amide bonds. The van der Waals surface area contributed by atoms with Crippen molar-refractivity contribution in [3.63, 3.8) is 0 Å². The molecule has 30 heavy (non-hydrogen) atoms. The van der Waals surface area contributed by atoms with Crippen LogP contribution in [-0.2, 0) is 15.1 Å². The van der Waals surface area contributed by atoms with Gasteiger partial charge in [-0.1, -0.05) is 12.1 Å². The van der Waals surface area contributed by atoms with Crippen LogP contribution in [0.3, 0.4) is 0 Å². The minimum absolute atomic E-state index is 0.234. The highest BCUT2D eigenvalue weighted by Gasteiger charge is 2.49. The zero-order valence-electron chi connectivity index (χ0n) is 16.2. The molecule has 9 heteroatoms. The van der Waals surface area contributed by atoms with Crippen LogP contribution in [0.1, 0.15) is 18.9 Å². The molecule has 1 saturated heterocycles. The molecule has 0 radical (unpaired) electrons. The fraction of sp³-hybridized carbons (Fsp3) is 0.286. The molecule has 1 fully saturated rings. The van der Waals surface area contributed by atoms with Gasteiger partial charge >= 0.3 is 6.03 Å². The Hall–Kier alpha value is -3.62. The minimum Gasteiger partial charge on any atom is -0.490 e. The highest BCUT2D eigenvalue weighted by atomic mass is 19.1. The number of benzene rings is 2. The van der Waals surface area contributed by atoms with E-state index in [0.29, 0.717) is 30.3 Å². The number of carbonyl (C=O) groups is 3. The van der Waals surface area contributed by atoms with Crippen molar-refractivity contribution >= 4 is 23.5 Å². The molecular weight excluding hydrogens is 393 g/mol. The summed E-state index contributed by atoms with van der Waals surface area (Å²) in [6, 6.07) is 9.69. The number of halogens is 1. The molecule has 1 atom stereocenters. The van der Waals surface area contributed by atoms with Gasteiger partial charge in [0.25, 0.3) is 5.91 Å². The molecule has 0 bridgehead atoms. The van der Waals surface area contributed by atoms with Gasteiger partial charge in [-0.3, -0.25) is 14.5 Å². The van der Waals surface area contributed by atoms with Gasteiger partial charge < -0.3 is 20.1 Å². The summed E-state index contributed by atoms with van der Waals surface area (Å²) >= 11 is 0. The summed E-state index contributed by atoms with van der Waals surface area (Å²) in [5.74, 6) is -0.633. The van der Waals surface area contributed by atoms with Crippen molar-refractivity contribution in [1.82, 2.24) is 10.2 Å². The fourth-order valence-electron chi connectivity index (χ4n) is 3.42. The van der Waals surface area contributed by atoms with Crippen LogP contribution in [0.2, 0.25) is 0 Å². The van der Waals surface area contributed by atoms with Crippen molar-refractivity contribution in [2.75, 3.05) is 25.1 Å². The van der Waals surface area contributed by atoms with Crippen LogP contribution in [0.25, 0.3) is 0 Å². The lowest BCUT2D eigenvalue weighted by molar-refractivity contribution is -0.133. The smallest absolute Gasteiger partial charge is 0.325 e. The molecule has 0 saturated carbocycles.